The van der Waals surface area contributed by atoms with Gasteiger partial charge in [-0.05, 0) is 29.8 Å². The molecule has 0 aliphatic rings. The van der Waals surface area contributed by atoms with Gasteiger partial charge in [-0.15, -0.1) is 11.3 Å². The van der Waals surface area contributed by atoms with E-state index >= 15 is 0 Å². The molecular formula is C12H9Cl3OS. The van der Waals surface area contributed by atoms with Crippen LogP contribution in [0.2, 0.25) is 14.4 Å². The van der Waals surface area contributed by atoms with Gasteiger partial charge in [0.2, 0.25) is 0 Å². The topological polar surface area (TPSA) is 20.2 Å². The summed E-state index contributed by atoms with van der Waals surface area (Å²) in [7, 11) is 0. The highest BCUT2D eigenvalue weighted by molar-refractivity contribution is 7.16. The highest BCUT2D eigenvalue weighted by Crippen LogP contribution is 2.30. The standard InChI is InChI=1S/C12H9Cl3OS/c13-8-2-1-7(5-9(8)14)6-10(16)11-3-4-12(15)17-11/h1-5,10,16H,6H2. The number of aliphatic hydroxyl groups is 1. The van der Waals surface area contributed by atoms with E-state index in [0.29, 0.717) is 20.8 Å². The summed E-state index contributed by atoms with van der Waals surface area (Å²) in [4.78, 5) is 0.848. The van der Waals surface area contributed by atoms with Gasteiger partial charge in [-0.25, -0.2) is 0 Å². The molecule has 90 valence electrons. The van der Waals surface area contributed by atoms with Crippen molar-refractivity contribution in [2.24, 2.45) is 0 Å². The molecule has 0 saturated heterocycles. The number of hydrogen-bond acceptors (Lipinski definition) is 2. The summed E-state index contributed by atoms with van der Waals surface area (Å²) in [6, 6.07) is 8.96. The molecule has 1 N–H and O–H groups in total. The molecule has 2 aromatic rings. The fourth-order valence-electron chi connectivity index (χ4n) is 1.50. The molecule has 5 heteroatoms. The van der Waals surface area contributed by atoms with E-state index in [4.69, 9.17) is 34.8 Å². The number of thiophene rings is 1. The largest absolute Gasteiger partial charge is 0.387 e. The zero-order chi connectivity index (χ0) is 12.4. The maximum absolute atomic E-state index is 10.0. The van der Waals surface area contributed by atoms with Crippen LogP contribution in [0, 0.1) is 0 Å². The number of benzene rings is 1. The zero-order valence-electron chi connectivity index (χ0n) is 8.66. The highest BCUT2D eigenvalue weighted by Gasteiger charge is 2.11. The monoisotopic (exact) mass is 306 g/mol. The number of hydrogen-bond donors (Lipinski definition) is 1. The summed E-state index contributed by atoms with van der Waals surface area (Å²) in [6.45, 7) is 0. The van der Waals surface area contributed by atoms with Gasteiger partial charge in [-0.3, -0.25) is 0 Å². The molecule has 2 rings (SSSR count). The summed E-state index contributed by atoms with van der Waals surface area (Å²) in [5, 5.41) is 11.0. The molecule has 0 bridgehead atoms. The molecule has 1 aromatic carbocycles. The van der Waals surface area contributed by atoms with E-state index in [9.17, 15) is 5.11 Å². The van der Waals surface area contributed by atoms with E-state index in [1.54, 1.807) is 18.2 Å². The Morgan fingerprint density at radius 1 is 1.06 bits per heavy atom. The Labute approximate surface area is 119 Å². The molecule has 0 amide bonds. The minimum atomic E-state index is -0.565. The zero-order valence-corrected chi connectivity index (χ0v) is 11.7. The molecule has 1 heterocycles. The SMILES string of the molecule is OC(Cc1ccc(Cl)c(Cl)c1)c1ccc(Cl)s1. The summed E-state index contributed by atoms with van der Waals surface area (Å²) in [5.74, 6) is 0. The number of aliphatic hydroxyl groups excluding tert-OH is 1. The Bertz CT molecular complexity index is 524. The first-order valence-corrected chi connectivity index (χ1v) is 6.88. The third-order valence-corrected chi connectivity index (χ3v) is 4.41. The Balaban J connectivity index is 2.12. The van der Waals surface area contributed by atoms with Crippen LogP contribution in [-0.2, 0) is 6.42 Å². The summed E-state index contributed by atoms with van der Waals surface area (Å²) in [5.41, 5.74) is 0.941. The van der Waals surface area contributed by atoms with E-state index in [1.165, 1.54) is 11.3 Å². The lowest BCUT2D eigenvalue weighted by atomic mass is 10.1. The summed E-state index contributed by atoms with van der Waals surface area (Å²) >= 11 is 18.9. The Hall–Kier alpha value is -0.250. The molecule has 17 heavy (non-hydrogen) atoms. The molecule has 0 aliphatic carbocycles. The Morgan fingerprint density at radius 2 is 1.82 bits per heavy atom. The molecular weight excluding hydrogens is 299 g/mol. The van der Waals surface area contributed by atoms with E-state index in [0.717, 1.165) is 10.4 Å². The second kappa shape index (κ2) is 5.59. The van der Waals surface area contributed by atoms with Crippen LogP contribution in [0.25, 0.3) is 0 Å². The lowest BCUT2D eigenvalue weighted by Crippen LogP contribution is -1.99. The maximum atomic E-state index is 10.0. The average molecular weight is 308 g/mol. The fraction of sp³-hybridized carbons (Fsp3) is 0.167. The third kappa shape index (κ3) is 3.36. The van der Waals surface area contributed by atoms with Crippen LogP contribution in [0.4, 0.5) is 0 Å². The van der Waals surface area contributed by atoms with Crippen molar-refractivity contribution >= 4 is 46.1 Å². The van der Waals surface area contributed by atoms with E-state index in [-0.39, 0.29) is 0 Å². The molecule has 1 unspecified atom stereocenters. The lowest BCUT2D eigenvalue weighted by molar-refractivity contribution is 0.182. The first-order chi connectivity index (χ1) is 8.06. The molecule has 1 nitrogen and oxygen atoms in total. The van der Waals surface area contributed by atoms with Crippen LogP contribution in [0.3, 0.4) is 0 Å². The molecule has 0 saturated carbocycles. The molecule has 1 atom stereocenters. The van der Waals surface area contributed by atoms with Crippen molar-refractivity contribution in [3.8, 4) is 0 Å². The van der Waals surface area contributed by atoms with Crippen molar-refractivity contribution in [3.63, 3.8) is 0 Å². The molecule has 0 fully saturated rings. The van der Waals surface area contributed by atoms with Gasteiger partial charge < -0.3 is 5.11 Å². The van der Waals surface area contributed by atoms with Crippen LogP contribution >= 0.6 is 46.1 Å². The van der Waals surface area contributed by atoms with Gasteiger partial charge in [0.05, 0.1) is 20.5 Å². The van der Waals surface area contributed by atoms with Gasteiger partial charge in [-0.1, -0.05) is 40.9 Å². The predicted molar refractivity (Wildman–Crippen MR) is 74.5 cm³/mol. The normalized spacial score (nSPS) is 12.7. The van der Waals surface area contributed by atoms with Gasteiger partial charge in [0, 0.05) is 11.3 Å². The van der Waals surface area contributed by atoms with Crippen LogP contribution in [-0.4, -0.2) is 5.11 Å². The smallest absolute Gasteiger partial charge is 0.0932 e. The number of halogens is 3. The van der Waals surface area contributed by atoms with E-state index < -0.39 is 6.10 Å². The summed E-state index contributed by atoms with van der Waals surface area (Å²) < 4.78 is 0.674. The second-order valence-electron chi connectivity index (χ2n) is 3.61. The number of rotatable bonds is 3. The minimum absolute atomic E-state index is 0.494. The van der Waals surface area contributed by atoms with Crippen LogP contribution in [0.5, 0.6) is 0 Å². The molecule has 1 aromatic heterocycles. The van der Waals surface area contributed by atoms with Crippen molar-refractivity contribution in [3.05, 3.63) is 55.2 Å². The fourth-order valence-corrected chi connectivity index (χ4v) is 2.87. The van der Waals surface area contributed by atoms with Crippen LogP contribution in [0.15, 0.2) is 30.3 Å². The predicted octanol–water partition coefficient (Wildman–Crippen LogP) is 4.98. The Morgan fingerprint density at radius 3 is 2.41 bits per heavy atom. The summed E-state index contributed by atoms with van der Waals surface area (Å²) in [6.07, 6.45) is -0.0713. The van der Waals surface area contributed by atoms with Crippen molar-refractivity contribution in [1.82, 2.24) is 0 Å². The molecule has 0 aliphatic heterocycles. The first kappa shape index (κ1) is 13.2. The molecule has 0 spiro atoms. The minimum Gasteiger partial charge on any atom is -0.387 e. The quantitative estimate of drug-likeness (QED) is 0.847. The second-order valence-corrected chi connectivity index (χ2v) is 6.17. The third-order valence-electron chi connectivity index (χ3n) is 2.34. The van der Waals surface area contributed by atoms with Gasteiger partial charge in [0.15, 0.2) is 0 Å². The highest BCUT2D eigenvalue weighted by atomic mass is 35.5. The van der Waals surface area contributed by atoms with Crippen LogP contribution < -0.4 is 0 Å². The first-order valence-electron chi connectivity index (χ1n) is 4.93. The Kier molecular flexibility index (Phi) is 4.34. The van der Waals surface area contributed by atoms with Crippen molar-refractivity contribution in [2.45, 2.75) is 12.5 Å². The van der Waals surface area contributed by atoms with E-state index in [2.05, 4.69) is 0 Å². The lowest BCUT2D eigenvalue weighted by Gasteiger charge is -2.09. The maximum Gasteiger partial charge on any atom is 0.0932 e. The van der Waals surface area contributed by atoms with E-state index in [1.807, 2.05) is 12.1 Å². The van der Waals surface area contributed by atoms with Crippen molar-refractivity contribution in [1.29, 1.82) is 0 Å². The van der Waals surface area contributed by atoms with Crippen molar-refractivity contribution < 1.29 is 5.11 Å². The van der Waals surface area contributed by atoms with Crippen molar-refractivity contribution in [2.75, 3.05) is 0 Å². The van der Waals surface area contributed by atoms with Gasteiger partial charge in [0.1, 0.15) is 0 Å². The van der Waals surface area contributed by atoms with Crippen LogP contribution in [0.1, 0.15) is 16.5 Å². The van der Waals surface area contributed by atoms with Gasteiger partial charge in [0.25, 0.3) is 0 Å². The van der Waals surface area contributed by atoms with Gasteiger partial charge >= 0.3 is 0 Å². The van der Waals surface area contributed by atoms with Gasteiger partial charge in [-0.2, -0.15) is 0 Å². The average Bonchev–Trinajstić information content (AvgIpc) is 2.70. The molecule has 0 radical (unpaired) electrons.